The van der Waals surface area contributed by atoms with Crippen LogP contribution in [0.4, 0.5) is 5.69 Å². The normalized spacial score (nSPS) is 10.2. The number of pyridine rings is 1. The largest absolute Gasteiger partial charge is 0.492 e. The Morgan fingerprint density at radius 2 is 2.15 bits per heavy atom. The van der Waals surface area contributed by atoms with Crippen molar-refractivity contribution < 1.29 is 10.0 Å². The van der Waals surface area contributed by atoms with Gasteiger partial charge in [-0.1, -0.05) is 0 Å². The van der Waals surface area contributed by atoms with Crippen LogP contribution < -0.4 is 10.8 Å². The van der Waals surface area contributed by atoms with Crippen molar-refractivity contribution in [3.8, 4) is 0 Å². The summed E-state index contributed by atoms with van der Waals surface area (Å²) in [7, 11) is -1.48. The summed E-state index contributed by atoms with van der Waals surface area (Å²) < 4.78 is 0. The molecule has 0 aliphatic carbocycles. The molecule has 0 spiro atoms. The summed E-state index contributed by atoms with van der Waals surface area (Å²) in [6.45, 7) is 3.96. The summed E-state index contributed by atoms with van der Waals surface area (Å²) >= 11 is 0. The Morgan fingerprint density at radius 3 is 2.69 bits per heavy atom. The first kappa shape index (κ1) is 10.0. The van der Waals surface area contributed by atoms with Crippen LogP contribution in [0.3, 0.4) is 0 Å². The average Bonchev–Trinajstić information content (AvgIpc) is 2.03. The maximum absolute atomic E-state index is 8.99. The molecular formula is C8H13BN2O2. The lowest BCUT2D eigenvalue weighted by Gasteiger charge is -2.13. The van der Waals surface area contributed by atoms with E-state index in [1.54, 1.807) is 12.3 Å². The highest BCUT2D eigenvalue weighted by Crippen LogP contribution is 2.03. The molecule has 0 bridgehead atoms. The molecule has 1 heterocycles. The molecule has 0 unspecified atom stereocenters. The zero-order valence-corrected chi connectivity index (χ0v) is 7.73. The third-order valence-electron chi connectivity index (χ3n) is 1.57. The van der Waals surface area contributed by atoms with Crippen molar-refractivity contribution >= 4 is 18.3 Å². The summed E-state index contributed by atoms with van der Waals surface area (Å²) in [6.07, 6.45) is 3.05. The van der Waals surface area contributed by atoms with Crippen LogP contribution in [-0.4, -0.2) is 28.2 Å². The first-order valence-electron chi connectivity index (χ1n) is 4.18. The van der Waals surface area contributed by atoms with Crippen LogP contribution in [0.1, 0.15) is 13.8 Å². The quantitative estimate of drug-likeness (QED) is 0.553. The molecule has 1 aromatic rings. The van der Waals surface area contributed by atoms with Gasteiger partial charge in [-0.2, -0.15) is 0 Å². The first-order chi connectivity index (χ1) is 6.11. The molecule has 0 aromatic carbocycles. The number of anilines is 1. The topological polar surface area (TPSA) is 65.4 Å². The van der Waals surface area contributed by atoms with Crippen LogP contribution in [0.2, 0.25) is 0 Å². The SMILES string of the molecule is CC(C)Nc1ccncc1B(O)O. The molecule has 70 valence electrons. The second-order valence-electron chi connectivity index (χ2n) is 3.14. The molecule has 0 saturated carbocycles. The van der Waals surface area contributed by atoms with E-state index in [1.165, 1.54) is 6.20 Å². The standard InChI is InChI=1S/C8H13BN2O2/c1-6(2)11-8-3-4-10-5-7(8)9(12)13/h3-6,12-13H,1-2H3,(H,10,11). The second kappa shape index (κ2) is 4.25. The van der Waals surface area contributed by atoms with Gasteiger partial charge >= 0.3 is 7.12 Å². The molecule has 1 rings (SSSR count). The number of hydrogen-bond donors (Lipinski definition) is 3. The lowest BCUT2D eigenvalue weighted by atomic mass is 9.80. The van der Waals surface area contributed by atoms with Crippen LogP contribution in [0.5, 0.6) is 0 Å². The summed E-state index contributed by atoms with van der Waals surface area (Å²) in [6, 6.07) is 1.97. The van der Waals surface area contributed by atoms with Crippen molar-refractivity contribution in [2.75, 3.05) is 5.32 Å². The van der Waals surface area contributed by atoms with E-state index in [1.807, 2.05) is 13.8 Å². The predicted molar refractivity (Wildman–Crippen MR) is 52.8 cm³/mol. The van der Waals surface area contributed by atoms with E-state index in [-0.39, 0.29) is 6.04 Å². The minimum atomic E-state index is -1.48. The van der Waals surface area contributed by atoms with Crippen LogP contribution >= 0.6 is 0 Å². The Balaban J connectivity index is 2.91. The van der Waals surface area contributed by atoms with Crippen molar-refractivity contribution in [1.29, 1.82) is 0 Å². The van der Waals surface area contributed by atoms with Gasteiger partial charge in [-0.05, 0) is 19.9 Å². The zero-order valence-electron chi connectivity index (χ0n) is 7.73. The van der Waals surface area contributed by atoms with Crippen molar-refractivity contribution in [3.05, 3.63) is 18.5 Å². The predicted octanol–water partition coefficient (Wildman–Crippen LogP) is -0.418. The molecule has 0 fully saturated rings. The number of aromatic nitrogens is 1. The summed E-state index contributed by atoms with van der Waals surface area (Å²) in [5.41, 5.74) is 1.11. The van der Waals surface area contributed by atoms with Crippen molar-refractivity contribution in [2.24, 2.45) is 0 Å². The second-order valence-corrected chi connectivity index (χ2v) is 3.14. The molecule has 0 amide bonds. The summed E-state index contributed by atoms with van der Waals surface area (Å²) in [5.74, 6) is 0. The fourth-order valence-corrected chi connectivity index (χ4v) is 1.05. The van der Waals surface area contributed by atoms with Gasteiger partial charge in [-0.25, -0.2) is 0 Å². The van der Waals surface area contributed by atoms with Crippen molar-refractivity contribution in [2.45, 2.75) is 19.9 Å². The fourth-order valence-electron chi connectivity index (χ4n) is 1.05. The number of rotatable bonds is 3. The van der Waals surface area contributed by atoms with Crippen LogP contribution in [-0.2, 0) is 0 Å². The lowest BCUT2D eigenvalue weighted by Crippen LogP contribution is -2.33. The molecule has 3 N–H and O–H groups in total. The highest BCUT2D eigenvalue weighted by atomic mass is 16.4. The van der Waals surface area contributed by atoms with Crippen molar-refractivity contribution in [3.63, 3.8) is 0 Å². The number of nitrogens with one attached hydrogen (secondary N) is 1. The molecule has 4 nitrogen and oxygen atoms in total. The smallest absolute Gasteiger partial charge is 0.423 e. The summed E-state index contributed by atoms with van der Waals surface area (Å²) in [4.78, 5) is 3.81. The van der Waals surface area contributed by atoms with Gasteiger partial charge < -0.3 is 15.4 Å². The minimum Gasteiger partial charge on any atom is -0.423 e. The minimum absolute atomic E-state index is 0.250. The van der Waals surface area contributed by atoms with Gasteiger partial charge in [0.1, 0.15) is 0 Å². The van der Waals surface area contributed by atoms with E-state index >= 15 is 0 Å². The van der Waals surface area contributed by atoms with Gasteiger partial charge in [0, 0.05) is 29.6 Å². The first-order valence-corrected chi connectivity index (χ1v) is 4.18. The van der Waals surface area contributed by atoms with Gasteiger partial charge in [-0.15, -0.1) is 0 Å². The number of nitrogens with zero attached hydrogens (tertiary/aromatic N) is 1. The van der Waals surface area contributed by atoms with Gasteiger partial charge in [0.05, 0.1) is 0 Å². The fraction of sp³-hybridized carbons (Fsp3) is 0.375. The highest BCUT2D eigenvalue weighted by molar-refractivity contribution is 6.60. The Bertz CT molecular complexity index is 279. The average molecular weight is 180 g/mol. The monoisotopic (exact) mass is 180 g/mol. The molecule has 0 aliphatic heterocycles. The third-order valence-corrected chi connectivity index (χ3v) is 1.57. The zero-order chi connectivity index (χ0) is 9.84. The van der Waals surface area contributed by atoms with E-state index in [0.717, 1.165) is 0 Å². The molecule has 0 aliphatic rings. The van der Waals surface area contributed by atoms with Crippen LogP contribution in [0.25, 0.3) is 0 Å². The molecule has 0 saturated heterocycles. The molecule has 1 aromatic heterocycles. The van der Waals surface area contributed by atoms with E-state index < -0.39 is 7.12 Å². The lowest BCUT2D eigenvalue weighted by molar-refractivity contribution is 0.426. The molecule has 0 atom stereocenters. The van der Waals surface area contributed by atoms with Crippen LogP contribution in [0, 0.1) is 0 Å². The maximum Gasteiger partial charge on any atom is 0.492 e. The molecule has 5 heteroatoms. The van der Waals surface area contributed by atoms with Gasteiger partial charge in [0.2, 0.25) is 0 Å². The summed E-state index contributed by atoms with van der Waals surface area (Å²) in [5, 5.41) is 21.1. The number of hydrogen-bond acceptors (Lipinski definition) is 4. The molecule has 0 radical (unpaired) electrons. The Morgan fingerprint density at radius 1 is 1.46 bits per heavy atom. The Labute approximate surface area is 77.8 Å². The Hall–Kier alpha value is -1.07. The van der Waals surface area contributed by atoms with E-state index in [4.69, 9.17) is 10.0 Å². The highest BCUT2D eigenvalue weighted by Gasteiger charge is 2.15. The van der Waals surface area contributed by atoms with Gasteiger partial charge in [0.25, 0.3) is 0 Å². The van der Waals surface area contributed by atoms with Crippen LogP contribution in [0.15, 0.2) is 18.5 Å². The van der Waals surface area contributed by atoms with Gasteiger partial charge in [0.15, 0.2) is 0 Å². The van der Waals surface area contributed by atoms with E-state index in [9.17, 15) is 0 Å². The maximum atomic E-state index is 8.99. The third kappa shape index (κ3) is 2.71. The van der Waals surface area contributed by atoms with Gasteiger partial charge in [-0.3, -0.25) is 4.98 Å². The van der Waals surface area contributed by atoms with Crippen molar-refractivity contribution in [1.82, 2.24) is 4.98 Å². The molecular weight excluding hydrogens is 167 g/mol. The Kier molecular flexibility index (Phi) is 3.28. The molecule has 13 heavy (non-hydrogen) atoms. The van der Waals surface area contributed by atoms with E-state index in [2.05, 4.69) is 10.3 Å². The van der Waals surface area contributed by atoms with E-state index in [0.29, 0.717) is 11.2 Å².